The molecule has 0 aliphatic heterocycles. The molecule has 4 nitrogen and oxygen atoms in total. The molecule has 19 heavy (non-hydrogen) atoms. The van der Waals surface area contributed by atoms with Crippen LogP contribution in [0, 0.1) is 0 Å². The van der Waals surface area contributed by atoms with E-state index in [1.165, 1.54) is 0 Å². The maximum Gasteiger partial charge on any atom is 0.255 e. The van der Waals surface area contributed by atoms with Crippen molar-refractivity contribution in [1.82, 2.24) is 0 Å². The molecule has 2 aromatic carbocycles. The second-order valence-electron chi connectivity index (χ2n) is 4.00. The van der Waals surface area contributed by atoms with Crippen LogP contribution in [0.5, 0.6) is 5.75 Å². The van der Waals surface area contributed by atoms with Gasteiger partial charge in [-0.1, -0.05) is 18.2 Å². The zero-order valence-corrected chi connectivity index (χ0v) is 10.7. The minimum Gasteiger partial charge on any atom is -0.494 e. The van der Waals surface area contributed by atoms with Crippen molar-refractivity contribution in [3.63, 3.8) is 0 Å². The topological polar surface area (TPSA) is 64.3 Å². The minimum absolute atomic E-state index is 0.209. The number of benzene rings is 2. The van der Waals surface area contributed by atoms with Crippen LogP contribution in [0.1, 0.15) is 17.3 Å². The maximum atomic E-state index is 12.1. The Bertz CT molecular complexity index is 582. The number of carbonyl (C=O) groups is 1. The Morgan fingerprint density at radius 1 is 1.21 bits per heavy atom. The van der Waals surface area contributed by atoms with Gasteiger partial charge in [0.2, 0.25) is 0 Å². The zero-order valence-electron chi connectivity index (χ0n) is 10.7. The molecular formula is C15H16N2O2. The number of carbonyl (C=O) groups excluding carboxylic acids is 1. The smallest absolute Gasteiger partial charge is 0.255 e. The largest absolute Gasteiger partial charge is 0.494 e. The van der Waals surface area contributed by atoms with E-state index in [4.69, 9.17) is 10.5 Å². The Labute approximate surface area is 112 Å². The molecule has 0 fully saturated rings. The van der Waals surface area contributed by atoms with E-state index in [0.717, 1.165) is 0 Å². The van der Waals surface area contributed by atoms with E-state index >= 15 is 0 Å². The van der Waals surface area contributed by atoms with Crippen molar-refractivity contribution in [3.8, 4) is 5.75 Å². The highest BCUT2D eigenvalue weighted by molar-refractivity contribution is 6.05. The summed E-state index contributed by atoms with van der Waals surface area (Å²) >= 11 is 0. The molecular weight excluding hydrogens is 240 g/mol. The van der Waals surface area contributed by atoms with E-state index in [-0.39, 0.29) is 5.91 Å². The summed E-state index contributed by atoms with van der Waals surface area (Å²) in [7, 11) is 0. The fourth-order valence-corrected chi connectivity index (χ4v) is 1.70. The summed E-state index contributed by atoms with van der Waals surface area (Å²) in [5.74, 6) is 0.468. The normalized spacial score (nSPS) is 9.95. The van der Waals surface area contributed by atoms with Gasteiger partial charge in [-0.05, 0) is 37.3 Å². The number of amides is 1. The number of nitrogens with two attached hydrogens (primary N) is 1. The second kappa shape index (κ2) is 5.91. The van der Waals surface area contributed by atoms with E-state index in [1.54, 1.807) is 30.3 Å². The van der Waals surface area contributed by atoms with Crippen LogP contribution in [-0.2, 0) is 0 Å². The first-order valence-electron chi connectivity index (χ1n) is 6.09. The molecule has 0 saturated carbocycles. The number of rotatable bonds is 4. The first-order chi connectivity index (χ1) is 9.20. The van der Waals surface area contributed by atoms with Gasteiger partial charge in [0, 0.05) is 5.56 Å². The highest BCUT2D eigenvalue weighted by Crippen LogP contribution is 2.19. The van der Waals surface area contributed by atoms with Gasteiger partial charge < -0.3 is 15.8 Å². The fourth-order valence-electron chi connectivity index (χ4n) is 1.70. The summed E-state index contributed by atoms with van der Waals surface area (Å²) in [5.41, 5.74) is 7.47. The standard InChI is InChI=1S/C15H16N2O2/c1-2-19-12-7-5-6-11(10-12)15(18)17-14-9-4-3-8-13(14)16/h3-10H,2,16H2,1H3,(H,17,18). The molecule has 0 atom stereocenters. The third-order valence-electron chi connectivity index (χ3n) is 2.62. The third kappa shape index (κ3) is 3.25. The molecule has 0 heterocycles. The number of para-hydroxylation sites is 2. The number of nitrogen functional groups attached to an aromatic ring is 1. The van der Waals surface area contributed by atoms with E-state index in [9.17, 15) is 4.79 Å². The lowest BCUT2D eigenvalue weighted by atomic mass is 10.2. The molecule has 0 spiro atoms. The second-order valence-corrected chi connectivity index (χ2v) is 4.00. The van der Waals surface area contributed by atoms with Gasteiger partial charge >= 0.3 is 0 Å². The Kier molecular flexibility index (Phi) is 4.03. The fraction of sp³-hybridized carbons (Fsp3) is 0.133. The molecule has 2 rings (SSSR count). The SMILES string of the molecule is CCOc1cccc(C(=O)Nc2ccccc2N)c1. The van der Waals surface area contributed by atoms with Gasteiger partial charge in [0.05, 0.1) is 18.0 Å². The van der Waals surface area contributed by atoms with Crippen molar-refractivity contribution < 1.29 is 9.53 Å². The molecule has 98 valence electrons. The van der Waals surface area contributed by atoms with Crippen LogP contribution in [0.15, 0.2) is 48.5 Å². The molecule has 0 radical (unpaired) electrons. The molecule has 0 aliphatic rings. The number of hydrogen-bond donors (Lipinski definition) is 2. The summed E-state index contributed by atoms with van der Waals surface area (Å²) < 4.78 is 5.37. The highest BCUT2D eigenvalue weighted by atomic mass is 16.5. The van der Waals surface area contributed by atoms with Gasteiger partial charge in [0.25, 0.3) is 5.91 Å². The average Bonchev–Trinajstić information content (AvgIpc) is 2.42. The molecule has 0 aromatic heterocycles. The Morgan fingerprint density at radius 3 is 2.74 bits per heavy atom. The first kappa shape index (κ1) is 13.0. The van der Waals surface area contributed by atoms with E-state index < -0.39 is 0 Å². The molecule has 4 heteroatoms. The lowest BCUT2D eigenvalue weighted by molar-refractivity contribution is 0.102. The van der Waals surface area contributed by atoms with E-state index in [0.29, 0.717) is 29.3 Å². The summed E-state index contributed by atoms with van der Waals surface area (Å²) in [6, 6.07) is 14.2. The summed E-state index contributed by atoms with van der Waals surface area (Å²) in [5, 5.41) is 2.78. The monoisotopic (exact) mass is 256 g/mol. The number of nitrogens with one attached hydrogen (secondary N) is 1. The van der Waals surface area contributed by atoms with Crippen molar-refractivity contribution in [3.05, 3.63) is 54.1 Å². The highest BCUT2D eigenvalue weighted by Gasteiger charge is 2.08. The van der Waals surface area contributed by atoms with E-state index in [1.807, 2.05) is 25.1 Å². The van der Waals surface area contributed by atoms with Gasteiger partial charge in [-0.15, -0.1) is 0 Å². The Hall–Kier alpha value is -2.49. The lowest BCUT2D eigenvalue weighted by Gasteiger charge is -2.09. The molecule has 1 amide bonds. The van der Waals surface area contributed by atoms with Crippen molar-refractivity contribution >= 4 is 17.3 Å². The summed E-state index contributed by atoms with van der Waals surface area (Å²) in [6.07, 6.45) is 0. The third-order valence-corrected chi connectivity index (χ3v) is 2.62. The van der Waals surface area contributed by atoms with Crippen LogP contribution >= 0.6 is 0 Å². The molecule has 0 bridgehead atoms. The van der Waals surface area contributed by atoms with E-state index in [2.05, 4.69) is 5.32 Å². The van der Waals surface area contributed by atoms with Gasteiger partial charge in [0.1, 0.15) is 5.75 Å². The quantitative estimate of drug-likeness (QED) is 0.827. The van der Waals surface area contributed by atoms with Crippen LogP contribution in [0.25, 0.3) is 0 Å². The predicted molar refractivity (Wildman–Crippen MR) is 76.4 cm³/mol. The molecule has 0 saturated heterocycles. The van der Waals surface area contributed by atoms with Gasteiger partial charge in [-0.3, -0.25) is 4.79 Å². The zero-order chi connectivity index (χ0) is 13.7. The van der Waals surface area contributed by atoms with Crippen molar-refractivity contribution in [2.75, 3.05) is 17.7 Å². The van der Waals surface area contributed by atoms with Crippen molar-refractivity contribution in [2.24, 2.45) is 0 Å². The average molecular weight is 256 g/mol. The number of hydrogen-bond acceptors (Lipinski definition) is 3. The molecule has 0 aliphatic carbocycles. The van der Waals surface area contributed by atoms with Crippen LogP contribution < -0.4 is 15.8 Å². The summed E-state index contributed by atoms with van der Waals surface area (Å²) in [6.45, 7) is 2.47. The number of ether oxygens (including phenoxy) is 1. The van der Waals surface area contributed by atoms with Crippen LogP contribution in [0.2, 0.25) is 0 Å². The number of anilines is 2. The van der Waals surface area contributed by atoms with Crippen LogP contribution in [-0.4, -0.2) is 12.5 Å². The van der Waals surface area contributed by atoms with Crippen molar-refractivity contribution in [1.29, 1.82) is 0 Å². The Morgan fingerprint density at radius 2 is 2.00 bits per heavy atom. The molecule has 3 N–H and O–H groups in total. The van der Waals surface area contributed by atoms with Gasteiger partial charge in [-0.2, -0.15) is 0 Å². The van der Waals surface area contributed by atoms with Crippen molar-refractivity contribution in [2.45, 2.75) is 6.92 Å². The van der Waals surface area contributed by atoms with Gasteiger partial charge in [-0.25, -0.2) is 0 Å². The lowest BCUT2D eigenvalue weighted by Crippen LogP contribution is -2.13. The summed E-state index contributed by atoms with van der Waals surface area (Å²) in [4.78, 5) is 12.1. The van der Waals surface area contributed by atoms with Crippen LogP contribution in [0.4, 0.5) is 11.4 Å². The first-order valence-corrected chi connectivity index (χ1v) is 6.09. The Balaban J connectivity index is 2.16. The predicted octanol–water partition coefficient (Wildman–Crippen LogP) is 2.92. The molecule has 0 unspecified atom stereocenters. The van der Waals surface area contributed by atoms with Crippen LogP contribution in [0.3, 0.4) is 0 Å². The molecule has 2 aromatic rings. The minimum atomic E-state index is -0.209. The maximum absolute atomic E-state index is 12.1. The van der Waals surface area contributed by atoms with Gasteiger partial charge in [0.15, 0.2) is 0 Å².